The SMILES string of the molecule is CC(O)C(=O)N1CCN(C(=O)c2ccc3c(c2)CCCC3)CC1. The fraction of sp³-hybridized carbons (Fsp3) is 0.556. The molecule has 1 aliphatic carbocycles. The second kappa shape index (κ2) is 6.71. The summed E-state index contributed by atoms with van der Waals surface area (Å²) in [7, 11) is 0. The molecule has 1 unspecified atom stereocenters. The van der Waals surface area contributed by atoms with Crippen molar-refractivity contribution in [2.24, 2.45) is 0 Å². The third-order valence-electron chi connectivity index (χ3n) is 4.83. The zero-order chi connectivity index (χ0) is 16.4. The first-order valence-corrected chi connectivity index (χ1v) is 8.44. The van der Waals surface area contributed by atoms with E-state index in [1.54, 1.807) is 9.80 Å². The fourth-order valence-electron chi connectivity index (χ4n) is 3.44. The van der Waals surface area contributed by atoms with Crippen molar-refractivity contribution in [2.75, 3.05) is 26.2 Å². The van der Waals surface area contributed by atoms with E-state index < -0.39 is 6.10 Å². The molecular formula is C18H24N2O3. The zero-order valence-electron chi connectivity index (χ0n) is 13.6. The zero-order valence-corrected chi connectivity index (χ0v) is 13.6. The number of nitrogens with zero attached hydrogens (tertiary/aromatic N) is 2. The van der Waals surface area contributed by atoms with Gasteiger partial charge in [0.2, 0.25) is 0 Å². The average Bonchev–Trinajstić information content (AvgIpc) is 2.60. The Balaban J connectivity index is 1.64. The normalized spacial score (nSPS) is 19.2. The van der Waals surface area contributed by atoms with Gasteiger partial charge in [-0.1, -0.05) is 6.07 Å². The number of aliphatic hydroxyl groups is 1. The number of piperazine rings is 1. The van der Waals surface area contributed by atoms with Crippen molar-refractivity contribution < 1.29 is 14.7 Å². The maximum absolute atomic E-state index is 12.7. The maximum Gasteiger partial charge on any atom is 0.253 e. The number of rotatable bonds is 2. The number of fused-ring (bicyclic) bond motifs is 1. The van der Waals surface area contributed by atoms with Gasteiger partial charge in [-0.2, -0.15) is 0 Å². The van der Waals surface area contributed by atoms with Crippen molar-refractivity contribution in [3.63, 3.8) is 0 Å². The molecule has 1 N–H and O–H groups in total. The van der Waals surface area contributed by atoms with E-state index >= 15 is 0 Å². The Morgan fingerprint density at radius 1 is 1.00 bits per heavy atom. The van der Waals surface area contributed by atoms with Crippen LogP contribution in [0.5, 0.6) is 0 Å². The molecule has 1 aromatic carbocycles. The molecule has 1 saturated heterocycles. The number of hydrogen-bond donors (Lipinski definition) is 1. The maximum atomic E-state index is 12.7. The van der Waals surface area contributed by atoms with Crippen LogP contribution in [0.15, 0.2) is 18.2 Å². The Morgan fingerprint density at radius 2 is 1.61 bits per heavy atom. The number of hydrogen-bond acceptors (Lipinski definition) is 3. The van der Waals surface area contributed by atoms with Crippen LogP contribution in [0.1, 0.15) is 41.3 Å². The third kappa shape index (κ3) is 3.39. The summed E-state index contributed by atoms with van der Waals surface area (Å²) in [5.41, 5.74) is 3.44. The second-order valence-corrected chi connectivity index (χ2v) is 6.48. The Morgan fingerprint density at radius 3 is 2.26 bits per heavy atom. The smallest absolute Gasteiger partial charge is 0.253 e. The molecule has 5 nitrogen and oxygen atoms in total. The van der Waals surface area contributed by atoms with Crippen LogP contribution in [-0.2, 0) is 17.6 Å². The van der Waals surface area contributed by atoms with E-state index in [-0.39, 0.29) is 11.8 Å². The Labute approximate surface area is 136 Å². The van der Waals surface area contributed by atoms with E-state index in [4.69, 9.17) is 0 Å². The summed E-state index contributed by atoms with van der Waals surface area (Å²) in [6.07, 6.45) is 3.64. The summed E-state index contributed by atoms with van der Waals surface area (Å²) in [5, 5.41) is 9.37. The van der Waals surface area contributed by atoms with Gasteiger partial charge in [0.1, 0.15) is 6.10 Å². The Hall–Kier alpha value is -1.88. The van der Waals surface area contributed by atoms with E-state index in [0.29, 0.717) is 26.2 Å². The highest BCUT2D eigenvalue weighted by Gasteiger charge is 2.27. The molecule has 2 aliphatic rings. The first-order chi connectivity index (χ1) is 11.1. The van der Waals surface area contributed by atoms with Gasteiger partial charge < -0.3 is 14.9 Å². The highest BCUT2D eigenvalue weighted by Crippen LogP contribution is 2.23. The van der Waals surface area contributed by atoms with Crippen molar-refractivity contribution in [2.45, 2.75) is 38.7 Å². The van der Waals surface area contributed by atoms with Crippen molar-refractivity contribution in [1.82, 2.24) is 9.80 Å². The van der Waals surface area contributed by atoms with Gasteiger partial charge in [-0.3, -0.25) is 9.59 Å². The molecule has 1 fully saturated rings. The third-order valence-corrected chi connectivity index (χ3v) is 4.83. The fourth-order valence-corrected chi connectivity index (χ4v) is 3.44. The first kappa shape index (κ1) is 16.0. The summed E-state index contributed by atoms with van der Waals surface area (Å²) < 4.78 is 0. The molecule has 2 amide bonds. The highest BCUT2D eigenvalue weighted by atomic mass is 16.3. The van der Waals surface area contributed by atoms with Crippen LogP contribution in [-0.4, -0.2) is 59.0 Å². The van der Waals surface area contributed by atoms with Gasteiger partial charge >= 0.3 is 0 Å². The molecule has 0 radical (unpaired) electrons. The van der Waals surface area contributed by atoms with Gasteiger partial charge in [-0.15, -0.1) is 0 Å². The van der Waals surface area contributed by atoms with E-state index in [1.165, 1.54) is 30.9 Å². The molecule has 5 heteroatoms. The summed E-state index contributed by atoms with van der Waals surface area (Å²) in [6, 6.07) is 6.07. The lowest BCUT2D eigenvalue weighted by Gasteiger charge is -2.35. The number of aliphatic hydroxyl groups excluding tert-OH is 1. The minimum absolute atomic E-state index is 0.0440. The van der Waals surface area contributed by atoms with Crippen LogP contribution in [0.2, 0.25) is 0 Å². The molecule has 1 atom stereocenters. The molecule has 1 aliphatic heterocycles. The summed E-state index contributed by atoms with van der Waals surface area (Å²) >= 11 is 0. The van der Waals surface area contributed by atoms with Gasteiger partial charge in [0.25, 0.3) is 11.8 Å². The molecule has 1 heterocycles. The average molecular weight is 316 g/mol. The van der Waals surface area contributed by atoms with Gasteiger partial charge in [0.05, 0.1) is 0 Å². The van der Waals surface area contributed by atoms with E-state index in [1.807, 2.05) is 12.1 Å². The molecular weight excluding hydrogens is 292 g/mol. The molecule has 0 aromatic heterocycles. The minimum atomic E-state index is -0.974. The predicted molar refractivity (Wildman–Crippen MR) is 87.2 cm³/mol. The van der Waals surface area contributed by atoms with Crippen LogP contribution in [0.25, 0.3) is 0 Å². The number of amides is 2. The molecule has 124 valence electrons. The van der Waals surface area contributed by atoms with Crippen LogP contribution < -0.4 is 0 Å². The van der Waals surface area contributed by atoms with E-state index in [2.05, 4.69) is 6.07 Å². The lowest BCUT2D eigenvalue weighted by molar-refractivity contribution is -0.140. The van der Waals surface area contributed by atoms with E-state index in [9.17, 15) is 14.7 Å². The van der Waals surface area contributed by atoms with Crippen LogP contribution in [0, 0.1) is 0 Å². The lowest BCUT2D eigenvalue weighted by Crippen LogP contribution is -2.52. The standard InChI is InChI=1S/C18H24N2O3/c1-13(21)17(22)19-8-10-20(11-9-19)18(23)16-7-6-14-4-2-3-5-15(14)12-16/h6-7,12-13,21H,2-5,8-11H2,1H3. The molecule has 1 aromatic rings. The van der Waals surface area contributed by atoms with Gasteiger partial charge in [-0.05, 0) is 55.9 Å². The molecule has 0 bridgehead atoms. The Kier molecular flexibility index (Phi) is 4.66. The number of aryl methyl sites for hydroxylation is 2. The summed E-state index contributed by atoms with van der Waals surface area (Å²) in [4.78, 5) is 27.9. The van der Waals surface area contributed by atoms with Crippen LogP contribution >= 0.6 is 0 Å². The second-order valence-electron chi connectivity index (χ2n) is 6.48. The van der Waals surface area contributed by atoms with Crippen molar-refractivity contribution in [3.8, 4) is 0 Å². The first-order valence-electron chi connectivity index (χ1n) is 8.44. The van der Waals surface area contributed by atoms with Gasteiger partial charge in [0, 0.05) is 31.7 Å². The molecule has 0 spiro atoms. The molecule has 3 rings (SSSR count). The van der Waals surface area contributed by atoms with Crippen molar-refractivity contribution in [3.05, 3.63) is 34.9 Å². The Bertz CT molecular complexity index is 604. The number of benzene rings is 1. The van der Waals surface area contributed by atoms with Crippen molar-refractivity contribution >= 4 is 11.8 Å². The highest BCUT2D eigenvalue weighted by molar-refractivity contribution is 5.94. The number of carbonyl (C=O) groups is 2. The van der Waals surface area contributed by atoms with Gasteiger partial charge in [0.15, 0.2) is 0 Å². The molecule has 23 heavy (non-hydrogen) atoms. The van der Waals surface area contributed by atoms with Gasteiger partial charge in [-0.25, -0.2) is 0 Å². The predicted octanol–water partition coefficient (Wildman–Crippen LogP) is 1.23. The largest absolute Gasteiger partial charge is 0.384 e. The van der Waals surface area contributed by atoms with Crippen molar-refractivity contribution in [1.29, 1.82) is 0 Å². The monoisotopic (exact) mass is 316 g/mol. The topological polar surface area (TPSA) is 60.9 Å². The lowest BCUT2D eigenvalue weighted by atomic mass is 9.90. The van der Waals surface area contributed by atoms with E-state index in [0.717, 1.165) is 18.4 Å². The summed E-state index contributed by atoms with van der Waals surface area (Å²) in [6.45, 7) is 3.50. The summed E-state index contributed by atoms with van der Waals surface area (Å²) in [5.74, 6) is -0.214. The quantitative estimate of drug-likeness (QED) is 0.893. The minimum Gasteiger partial charge on any atom is -0.384 e. The number of carbonyl (C=O) groups excluding carboxylic acids is 2. The van der Waals surface area contributed by atoms with Crippen LogP contribution in [0.4, 0.5) is 0 Å². The van der Waals surface area contributed by atoms with Crippen LogP contribution in [0.3, 0.4) is 0 Å². The molecule has 0 saturated carbocycles.